The number of hydrogen-bond acceptors (Lipinski definition) is 5. The van der Waals surface area contributed by atoms with Crippen LogP contribution in [0.3, 0.4) is 0 Å². The van der Waals surface area contributed by atoms with Gasteiger partial charge in [0.2, 0.25) is 0 Å². The molecule has 2 aromatic carbocycles. The second-order valence-electron chi connectivity index (χ2n) is 5.71. The second-order valence-corrected chi connectivity index (χ2v) is 5.71. The van der Waals surface area contributed by atoms with Gasteiger partial charge in [-0.1, -0.05) is 18.2 Å². The van der Waals surface area contributed by atoms with Crippen LogP contribution in [0.5, 0.6) is 5.75 Å². The van der Waals surface area contributed by atoms with E-state index in [0.717, 1.165) is 0 Å². The van der Waals surface area contributed by atoms with Gasteiger partial charge in [0.1, 0.15) is 17.3 Å². The lowest BCUT2D eigenvalue weighted by Crippen LogP contribution is -2.17. The van der Waals surface area contributed by atoms with Crippen molar-refractivity contribution < 1.29 is 23.8 Å². The fourth-order valence-electron chi connectivity index (χ4n) is 2.54. The maximum absolute atomic E-state index is 12.1. The molecular weight excluding hydrogens is 360 g/mol. The van der Waals surface area contributed by atoms with Crippen LogP contribution in [0.15, 0.2) is 70.2 Å². The SMILES string of the molecule is CCOc1ccc(C(=O)N/N=C\c2ccc(-c3ccccc3C(=O)O)o2)cc1. The number of nitrogens with zero attached hydrogens (tertiary/aromatic N) is 1. The number of carboxylic acid groups (broad SMARTS) is 1. The van der Waals surface area contributed by atoms with Crippen LogP contribution in [0.25, 0.3) is 11.3 Å². The molecular formula is C21H18N2O5. The molecule has 0 aliphatic heterocycles. The van der Waals surface area contributed by atoms with E-state index in [1.807, 2.05) is 6.92 Å². The number of carboxylic acids is 1. The van der Waals surface area contributed by atoms with Gasteiger partial charge in [0, 0.05) is 11.1 Å². The number of benzene rings is 2. The van der Waals surface area contributed by atoms with Crippen molar-refractivity contribution in [1.82, 2.24) is 5.43 Å². The topological polar surface area (TPSA) is 101 Å². The molecule has 1 heterocycles. The van der Waals surface area contributed by atoms with E-state index in [1.54, 1.807) is 54.6 Å². The fraction of sp³-hybridized carbons (Fsp3) is 0.0952. The molecule has 0 unspecified atom stereocenters. The molecule has 0 fully saturated rings. The maximum Gasteiger partial charge on any atom is 0.336 e. The average molecular weight is 378 g/mol. The van der Waals surface area contributed by atoms with Crippen molar-refractivity contribution in [2.24, 2.45) is 5.10 Å². The predicted octanol–water partition coefficient (Wildman–Crippen LogP) is 3.81. The third-order valence-corrected chi connectivity index (χ3v) is 3.84. The van der Waals surface area contributed by atoms with Crippen LogP contribution in [0.1, 0.15) is 33.4 Å². The Balaban J connectivity index is 1.66. The quantitative estimate of drug-likeness (QED) is 0.481. The van der Waals surface area contributed by atoms with Gasteiger partial charge < -0.3 is 14.3 Å². The molecule has 0 saturated carbocycles. The summed E-state index contributed by atoms with van der Waals surface area (Å²) in [7, 11) is 0. The monoisotopic (exact) mass is 378 g/mol. The number of carbonyl (C=O) groups is 2. The molecule has 0 saturated heterocycles. The van der Waals surface area contributed by atoms with Crippen LogP contribution in [-0.4, -0.2) is 29.8 Å². The van der Waals surface area contributed by atoms with Gasteiger partial charge in [0.15, 0.2) is 0 Å². The van der Waals surface area contributed by atoms with E-state index in [1.165, 1.54) is 12.3 Å². The molecule has 0 spiro atoms. The van der Waals surface area contributed by atoms with Crippen molar-refractivity contribution in [3.05, 3.63) is 77.6 Å². The molecule has 0 radical (unpaired) electrons. The minimum atomic E-state index is -1.04. The van der Waals surface area contributed by atoms with Gasteiger partial charge in [-0.3, -0.25) is 4.79 Å². The summed E-state index contributed by atoms with van der Waals surface area (Å²) in [6.07, 6.45) is 1.35. The van der Waals surface area contributed by atoms with Crippen LogP contribution in [0, 0.1) is 0 Å². The zero-order valence-corrected chi connectivity index (χ0v) is 15.1. The van der Waals surface area contributed by atoms with E-state index in [-0.39, 0.29) is 11.5 Å². The van der Waals surface area contributed by atoms with Crippen molar-refractivity contribution in [2.75, 3.05) is 6.61 Å². The van der Waals surface area contributed by atoms with Crippen LogP contribution in [0.2, 0.25) is 0 Å². The first-order chi connectivity index (χ1) is 13.6. The smallest absolute Gasteiger partial charge is 0.336 e. The highest BCUT2D eigenvalue weighted by Crippen LogP contribution is 2.25. The summed E-state index contributed by atoms with van der Waals surface area (Å²) in [6, 6.07) is 16.5. The summed E-state index contributed by atoms with van der Waals surface area (Å²) in [6.45, 7) is 2.44. The lowest BCUT2D eigenvalue weighted by atomic mass is 10.1. The molecule has 3 rings (SSSR count). The summed E-state index contributed by atoms with van der Waals surface area (Å²) in [5, 5.41) is 13.1. The maximum atomic E-state index is 12.1. The summed E-state index contributed by atoms with van der Waals surface area (Å²) < 4.78 is 10.9. The van der Waals surface area contributed by atoms with E-state index < -0.39 is 5.97 Å². The van der Waals surface area contributed by atoms with Gasteiger partial charge in [-0.05, 0) is 49.4 Å². The molecule has 0 aliphatic rings. The standard InChI is InChI=1S/C21H18N2O5/c1-2-27-15-9-7-14(8-10-15)20(24)23-22-13-16-11-12-19(28-16)17-5-3-4-6-18(17)21(25)26/h3-13H,2H2,1H3,(H,23,24)(H,25,26)/b22-13-. The summed E-state index contributed by atoms with van der Waals surface area (Å²) in [5.74, 6) is 0.0546. The lowest BCUT2D eigenvalue weighted by molar-refractivity contribution is 0.0697. The Morgan fingerprint density at radius 2 is 1.86 bits per heavy atom. The first-order valence-electron chi connectivity index (χ1n) is 8.57. The highest BCUT2D eigenvalue weighted by atomic mass is 16.5. The van der Waals surface area contributed by atoms with Gasteiger partial charge in [-0.25, -0.2) is 10.2 Å². The number of hydrogen-bond donors (Lipinski definition) is 2. The Morgan fingerprint density at radius 1 is 1.11 bits per heavy atom. The number of aromatic carboxylic acids is 1. The van der Waals surface area contributed by atoms with Gasteiger partial charge in [-0.15, -0.1) is 0 Å². The summed E-state index contributed by atoms with van der Waals surface area (Å²) in [5.41, 5.74) is 3.46. The second kappa shape index (κ2) is 8.68. The highest BCUT2D eigenvalue weighted by molar-refractivity contribution is 5.96. The minimum Gasteiger partial charge on any atom is -0.494 e. The lowest BCUT2D eigenvalue weighted by Gasteiger charge is -2.03. The molecule has 2 N–H and O–H groups in total. The van der Waals surface area contributed by atoms with Crippen LogP contribution in [0.4, 0.5) is 0 Å². The van der Waals surface area contributed by atoms with Crippen molar-refractivity contribution in [3.8, 4) is 17.1 Å². The molecule has 0 bridgehead atoms. The molecule has 7 nitrogen and oxygen atoms in total. The number of hydrazone groups is 1. The summed E-state index contributed by atoms with van der Waals surface area (Å²) in [4.78, 5) is 23.4. The number of nitrogens with one attached hydrogen (secondary N) is 1. The first-order valence-corrected chi connectivity index (χ1v) is 8.57. The van der Waals surface area contributed by atoms with Crippen molar-refractivity contribution in [2.45, 2.75) is 6.92 Å². The largest absolute Gasteiger partial charge is 0.494 e. The Hall–Kier alpha value is -3.87. The number of furan rings is 1. The van der Waals surface area contributed by atoms with E-state index in [9.17, 15) is 14.7 Å². The molecule has 7 heteroatoms. The predicted molar refractivity (Wildman–Crippen MR) is 104 cm³/mol. The molecule has 0 atom stereocenters. The Kier molecular flexibility index (Phi) is 5.86. The minimum absolute atomic E-state index is 0.143. The number of rotatable bonds is 7. The van der Waals surface area contributed by atoms with E-state index >= 15 is 0 Å². The Bertz CT molecular complexity index is 1010. The first kappa shape index (κ1) is 18.9. The molecule has 1 amide bonds. The van der Waals surface area contributed by atoms with Crippen molar-refractivity contribution >= 4 is 18.1 Å². The molecule has 142 valence electrons. The Morgan fingerprint density at radius 3 is 2.57 bits per heavy atom. The number of ether oxygens (including phenoxy) is 1. The van der Waals surface area contributed by atoms with E-state index in [0.29, 0.717) is 35.0 Å². The normalized spacial score (nSPS) is 10.8. The average Bonchev–Trinajstić information content (AvgIpc) is 3.17. The van der Waals surface area contributed by atoms with Gasteiger partial charge in [0.25, 0.3) is 5.91 Å². The number of carbonyl (C=O) groups excluding carboxylic acids is 1. The van der Waals surface area contributed by atoms with Gasteiger partial charge >= 0.3 is 5.97 Å². The Labute approximate surface area is 161 Å². The number of amides is 1. The zero-order valence-electron chi connectivity index (χ0n) is 15.1. The highest BCUT2D eigenvalue weighted by Gasteiger charge is 2.13. The van der Waals surface area contributed by atoms with Crippen LogP contribution >= 0.6 is 0 Å². The van der Waals surface area contributed by atoms with Crippen LogP contribution in [-0.2, 0) is 0 Å². The van der Waals surface area contributed by atoms with Crippen molar-refractivity contribution in [3.63, 3.8) is 0 Å². The fourth-order valence-corrected chi connectivity index (χ4v) is 2.54. The van der Waals surface area contributed by atoms with E-state index in [4.69, 9.17) is 9.15 Å². The van der Waals surface area contributed by atoms with Crippen LogP contribution < -0.4 is 10.2 Å². The molecule has 3 aromatic rings. The molecule has 1 aromatic heterocycles. The molecule has 0 aliphatic carbocycles. The summed E-state index contributed by atoms with van der Waals surface area (Å²) >= 11 is 0. The zero-order chi connectivity index (χ0) is 19.9. The third-order valence-electron chi connectivity index (χ3n) is 3.84. The van der Waals surface area contributed by atoms with E-state index in [2.05, 4.69) is 10.5 Å². The van der Waals surface area contributed by atoms with Crippen molar-refractivity contribution in [1.29, 1.82) is 0 Å². The van der Waals surface area contributed by atoms with Gasteiger partial charge in [0.05, 0.1) is 18.4 Å². The third kappa shape index (κ3) is 4.45. The molecule has 28 heavy (non-hydrogen) atoms. The van der Waals surface area contributed by atoms with Gasteiger partial charge in [-0.2, -0.15) is 5.10 Å².